The van der Waals surface area contributed by atoms with Crippen molar-refractivity contribution in [2.75, 3.05) is 6.54 Å². The minimum absolute atomic E-state index is 0.247. The predicted molar refractivity (Wildman–Crippen MR) is 135 cm³/mol. The molecule has 1 aromatic carbocycles. The van der Waals surface area contributed by atoms with Crippen LogP contribution in [0.4, 0.5) is 39.5 Å². The molecule has 2 N–H and O–H groups in total. The molecule has 2 atom stereocenters. The second kappa shape index (κ2) is 11.2. The van der Waals surface area contributed by atoms with E-state index in [0.717, 1.165) is 23.8 Å². The highest BCUT2D eigenvalue weighted by atomic mass is 32.2. The Morgan fingerprint density at radius 1 is 1.09 bits per heavy atom. The van der Waals surface area contributed by atoms with Gasteiger partial charge in [0.2, 0.25) is 12.3 Å². The van der Waals surface area contributed by atoms with Crippen molar-refractivity contribution in [3.8, 4) is 17.2 Å². The average molecular weight is 674 g/mol. The van der Waals surface area contributed by atoms with Crippen molar-refractivity contribution in [3.63, 3.8) is 0 Å². The Morgan fingerprint density at radius 2 is 1.71 bits per heavy atom. The van der Waals surface area contributed by atoms with Gasteiger partial charge in [-0.3, -0.25) is 14.7 Å². The molecule has 1 unspecified atom stereocenters. The van der Waals surface area contributed by atoms with Crippen LogP contribution in [-0.4, -0.2) is 65.4 Å². The Hall–Kier alpha value is -3.82. The third-order valence-electron chi connectivity index (χ3n) is 8.06. The molecule has 2 aliphatic carbocycles. The van der Waals surface area contributed by atoms with E-state index >= 15 is 0 Å². The predicted octanol–water partition coefficient (Wildman–Crippen LogP) is 5.01. The number of carbonyl (C=O) groups is 2. The standard InChI is InChI=1S/C21H18F9N3O3S.C5H6N2O/c1-10-6-12(9-33(10)17(34)18(4-5-18)21(28,29)30)37(35,36)15-3-2-11(7-14(15)19(22,23)24)13-8-31-32-16(13)20(25,26)27;6-3-5(1-2-5)7-4-8/h2-3,7-8,10,12H,4-6,9H2,1H3,(H,31,32);4H,1-2H2,(H,7,8)/t10-,12?;/m1./s1. The van der Waals surface area contributed by atoms with Crippen LogP contribution < -0.4 is 5.32 Å². The maximum absolute atomic E-state index is 13.9. The van der Waals surface area contributed by atoms with Crippen LogP contribution in [0.1, 0.15) is 50.3 Å². The summed E-state index contributed by atoms with van der Waals surface area (Å²) in [5, 5.41) is 14.0. The molecule has 5 rings (SSSR count). The first-order valence-corrected chi connectivity index (χ1v) is 14.7. The third-order valence-corrected chi connectivity index (χ3v) is 10.3. The van der Waals surface area contributed by atoms with E-state index in [1.165, 1.54) is 6.92 Å². The smallest absolute Gasteiger partial charge is 0.340 e. The molecule has 19 heteroatoms. The number of aromatic nitrogens is 2. The molecule has 1 aliphatic heterocycles. The van der Waals surface area contributed by atoms with Crippen molar-refractivity contribution in [3.05, 3.63) is 35.7 Å². The molecular weight excluding hydrogens is 649 g/mol. The Balaban J connectivity index is 0.000000501. The van der Waals surface area contributed by atoms with Gasteiger partial charge < -0.3 is 10.2 Å². The fourth-order valence-electron chi connectivity index (χ4n) is 5.10. The maximum atomic E-state index is 13.9. The lowest BCUT2D eigenvalue weighted by molar-refractivity contribution is -0.198. The molecule has 2 amide bonds. The number of sulfone groups is 1. The summed E-state index contributed by atoms with van der Waals surface area (Å²) in [4.78, 5) is 21.9. The van der Waals surface area contributed by atoms with Gasteiger partial charge in [0.15, 0.2) is 9.84 Å². The Bertz CT molecular complexity index is 1620. The number of benzene rings is 1. The summed E-state index contributed by atoms with van der Waals surface area (Å²) in [5.74, 6) is -1.32. The topological polar surface area (TPSA) is 136 Å². The SMILES string of the molecule is C[C@@H]1CC(S(=O)(=O)c2ccc(-c3cn[nH]c3C(F)(F)F)cc2C(F)(F)F)CN1C(=O)C1(C(F)(F)F)CC1.N#CC1(NC=O)CC1. The van der Waals surface area contributed by atoms with Gasteiger partial charge in [0.05, 0.1) is 28.0 Å². The van der Waals surface area contributed by atoms with Crippen LogP contribution in [0, 0.1) is 16.7 Å². The normalized spacial score (nSPS) is 22.1. The highest BCUT2D eigenvalue weighted by Gasteiger charge is 2.70. The summed E-state index contributed by atoms with van der Waals surface area (Å²) in [7, 11) is -4.88. The summed E-state index contributed by atoms with van der Waals surface area (Å²) >= 11 is 0. The number of nitrogens with zero attached hydrogens (tertiary/aromatic N) is 3. The van der Waals surface area contributed by atoms with Crippen LogP contribution in [0.25, 0.3) is 11.1 Å². The van der Waals surface area contributed by atoms with E-state index in [4.69, 9.17) is 5.26 Å². The van der Waals surface area contributed by atoms with Gasteiger partial charge in [-0.05, 0) is 56.7 Å². The second-order valence-corrected chi connectivity index (χ2v) is 13.3. The summed E-state index contributed by atoms with van der Waals surface area (Å²) in [6.45, 7) is 0.546. The molecule has 3 fully saturated rings. The molecule has 0 radical (unpaired) electrons. The number of aromatic amines is 1. The number of hydrogen-bond acceptors (Lipinski definition) is 6. The van der Waals surface area contributed by atoms with Gasteiger partial charge in [0, 0.05) is 18.2 Å². The number of H-pyrrole nitrogens is 1. The zero-order chi connectivity index (χ0) is 33.8. The first-order chi connectivity index (χ1) is 20.6. The van der Waals surface area contributed by atoms with Crippen LogP contribution in [0.15, 0.2) is 29.3 Å². The minimum atomic E-state index is -5.31. The van der Waals surface area contributed by atoms with E-state index in [1.54, 1.807) is 5.10 Å². The maximum Gasteiger partial charge on any atom is 0.433 e. The molecule has 2 aromatic rings. The van der Waals surface area contributed by atoms with Gasteiger partial charge in [-0.2, -0.15) is 49.9 Å². The molecule has 1 aromatic heterocycles. The molecule has 3 aliphatic rings. The monoisotopic (exact) mass is 673 g/mol. The van der Waals surface area contributed by atoms with E-state index in [-0.39, 0.29) is 6.07 Å². The first kappa shape index (κ1) is 34.1. The molecule has 0 bridgehead atoms. The van der Waals surface area contributed by atoms with E-state index in [2.05, 4.69) is 10.4 Å². The Morgan fingerprint density at radius 3 is 2.16 bits per heavy atom. The minimum Gasteiger partial charge on any atom is -0.340 e. The van der Waals surface area contributed by atoms with Crippen LogP contribution in [0.5, 0.6) is 0 Å². The van der Waals surface area contributed by atoms with Gasteiger partial charge in [-0.15, -0.1) is 0 Å². The summed E-state index contributed by atoms with van der Waals surface area (Å²) in [5.41, 5.74) is -7.62. The van der Waals surface area contributed by atoms with Gasteiger partial charge in [0.25, 0.3) is 0 Å². The average Bonchev–Trinajstić information content (AvgIpc) is 3.82. The Labute approximate surface area is 249 Å². The van der Waals surface area contributed by atoms with E-state index in [0.29, 0.717) is 18.7 Å². The molecule has 1 saturated heterocycles. The third kappa shape index (κ3) is 6.47. The summed E-state index contributed by atoms with van der Waals surface area (Å²) in [6.07, 6.45) is -13.7. The lowest BCUT2D eigenvalue weighted by Crippen LogP contribution is -2.46. The first-order valence-electron chi connectivity index (χ1n) is 13.2. The zero-order valence-corrected chi connectivity index (χ0v) is 23.9. The number of amides is 2. The van der Waals surface area contributed by atoms with Crippen molar-refractivity contribution in [1.29, 1.82) is 5.26 Å². The number of halogens is 9. The van der Waals surface area contributed by atoms with Crippen LogP contribution >= 0.6 is 0 Å². The van der Waals surface area contributed by atoms with Crippen LogP contribution in [0.2, 0.25) is 0 Å². The Kier molecular flexibility index (Phi) is 8.48. The molecule has 0 spiro atoms. The van der Waals surface area contributed by atoms with Gasteiger partial charge in [-0.25, -0.2) is 8.42 Å². The van der Waals surface area contributed by atoms with Crippen molar-refractivity contribution in [2.24, 2.45) is 5.41 Å². The summed E-state index contributed by atoms with van der Waals surface area (Å²) < 4.78 is 148. The highest BCUT2D eigenvalue weighted by molar-refractivity contribution is 7.92. The second-order valence-electron chi connectivity index (χ2n) is 11.1. The molecule has 45 heavy (non-hydrogen) atoms. The molecular formula is C26H24F9N5O4S. The molecule has 2 heterocycles. The molecule has 246 valence electrons. The molecule has 9 nitrogen and oxygen atoms in total. The highest BCUT2D eigenvalue weighted by Crippen LogP contribution is 2.59. The van der Waals surface area contributed by atoms with Crippen molar-refractivity contribution >= 4 is 22.2 Å². The number of nitriles is 1. The fourth-order valence-corrected chi connectivity index (χ4v) is 7.09. The summed E-state index contributed by atoms with van der Waals surface area (Å²) in [6, 6.07) is 2.52. The van der Waals surface area contributed by atoms with E-state index < -0.39 is 110 Å². The number of nitrogens with one attached hydrogen (secondary N) is 2. The quantitative estimate of drug-likeness (QED) is 0.327. The van der Waals surface area contributed by atoms with E-state index in [9.17, 15) is 57.5 Å². The number of rotatable bonds is 6. The number of hydrogen-bond donors (Lipinski definition) is 2. The van der Waals surface area contributed by atoms with Crippen LogP contribution in [0.3, 0.4) is 0 Å². The van der Waals surface area contributed by atoms with Gasteiger partial charge >= 0.3 is 18.5 Å². The lowest BCUT2D eigenvalue weighted by atomic mass is 10.0. The largest absolute Gasteiger partial charge is 0.433 e. The van der Waals surface area contributed by atoms with Crippen molar-refractivity contribution < 1.29 is 57.5 Å². The van der Waals surface area contributed by atoms with Gasteiger partial charge in [0.1, 0.15) is 16.6 Å². The van der Waals surface area contributed by atoms with Gasteiger partial charge in [-0.1, -0.05) is 6.07 Å². The van der Waals surface area contributed by atoms with Crippen molar-refractivity contribution in [1.82, 2.24) is 20.4 Å². The van der Waals surface area contributed by atoms with Crippen molar-refractivity contribution in [2.45, 2.75) is 79.3 Å². The number of carbonyl (C=O) groups excluding carboxylic acids is 2. The van der Waals surface area contributed by atoms with Crippen LogP contribution in [-0.2, 0) is 31.8 Å². The number of likely N-dealkylation sites (tertiary alicyclic amines) is 1. The van der Waals surface area contributed by atoms with E-state index in [1.807, 2.05) is 6.07 Å². The molecule has 2 saturated carbocycles. The fraction of sp³-hybridized carbons (Fsp3) is 0.538. The zero-order valence-electron chi connectivity index (χ0n) is 23.1. The number of alkyl halides is 9. The lowest BCUT2D eigenvalue weighted by Gasteiger charge is -2.28.